The highest BCUT2D eigenvalue weighted by Gasteiger charge is 2.43. The van der Waals surface area contributed by atoms with E-state index in [0.29, 0.717) is 51.8 Å². The molecule has 0 radical (unpaired) electrons. The molecule has 2 atom stereocenters. The van der Waals surface area contributed by atoms with Crippen LogP contribution in [0.5, 0.6) is 5.75 Å². The van der Waals surface area contributed by atoms with Crippen molar-refractivity contribution in [2.24, 2.45) is 0 Å². The number of hydrogen-bond donors (Lipinski definition) is 3. The summed E-state index contributed by atoms with van der Waals surface area (Å²) in [7, 11) is 0. The van der Waals surface area contributed by atoms with Gasteiger partial charge in [-0.05, 0) is 75.8 Å². The van der Waals surface area contributed by atoms with Crippen LogP contribution in [0.25, 0.3) is 11.3 Å². The highest BCUT2D eigenvalue weighted by atomic mass is 35.5. The zero-order chi connectivity index (χ0) is 28.7. The predicted octanol–water partition coefficient (Wildman–Crippen LogP) is 6.94. The standard InChI is InChI=1S/C30H32Cl2N4O5/c1-2-40-25-12-17(29(37)38)8-11-24(25)34-30(39)36-19-9-10-20(36)14-18(13-19)33-15-21-27(35-41-28(21)16-6-7-16)26-22(31)4-3-5-23(26)32/h3-5,8,11-12,16,18-20,33H,2,6-7,9-10,13-15H2,1H3,(H,34,39)(H,37,38). The number of aromatic nitrogens is 1. The van der Waals surface area contributed by atoms with Crippen LogP contribution in [0.15, 0.2) is 40.9 Å². The molecule has 3 fully saturated rings. The van der Waals surface area contributed by atoms with Gasteiger partial charge in [0, 0.05) is 41.7 Å². The first-order valence-corrected chi connectivity index (χ1v) is 14.8. The Morgan fingerprint density at radius 2 is 1.80 bits per heavy atom. The van der Waals surface area contributed by atoms with Crippen LogP contribution in [0.2, 0.25) is 10.0 Å². The van der Waals surface area contributed by atoms with Crippen molar-refractivity contribution in [3.05, 3.63) is 63.3 Å². The molecule has 41 heavy (non-hydrogen) atoms. The summed E-state index contributed by atoms with van der Waals surface area (Å²) in [4.78, 5) is 26.8. The number of nitrogens with zero attached hydrogens (tertiary/aromatic N) is 2. The first-order valence-electron chi connectivity index (χ1n) is 14.1. The predicted molar refractivity (Wildman–Crippen MR) is 156 cm³/mol. The van der Waals surface area contributed by atoms with Crippen molar-refractivity contribution in [2.75, 3.05) is 11.9 Å². The fraction of sp³-hybridized carbons (Fsp3) is 0.433. The minimum atomic E-state index is -1.05. The molecule has 2 aromatic carbocycles. The van der Waals surface area contributed by atoms with Gasteiger partial charge in [0.2, 0.25) is 0 Å². The highest BCUT2D eigenvalue weighted by molar-refractivity contribution is 6.39. The molecule has 216 valence electrons. The molecular formula is C30H32Cl2N4O5. The van der Waals surface area contributed by atoms with Crippen LogP contribution in [0.3, 0.4) is 0 Å². The third kappa shape index (κ3) is 5.63. The topological polar surface area (TPSA) is 117 Å². The van der Waals surface area contributed by atoms with E-state index in [4.69, 9.17) is 32.5 Å². The van der Waals surface area contributed by atoms with Gasteiger partial charge >= 0.3 is 12.0 Å². The van der Waals surface area contributed by atoms with E-state index in [1.54, 1.807) is 6.07 Å². The van der Waals surface area contributed by atoms with E-state index < -0.39 is 5.97 Å². The molecule has 2 unspecified atom stereocenters. The molecule has 9 nitrogen and oxygen atoms in total. The lowest BCUT2D eigenvalue weighted by atomic mass is 9.96. The number of nitrogens with one attached hydrogen (secondary N) is 2. The first-order chi connectivity index (χ1) is 19.8. The van der Waals surface area contributed by atoms with Gasteiger partial charge in [0.1, 0.15) is 17.2 Å². The Balaban J connectivity index is 1.14. The Hall–Kier alpha value is -3.27. The molecule has 1 aliphatic carbocycles. The van der Waals surface area contributed by atoms with Crippen molar-refractivity contribution in [1.29, 1.82) is 0 Å². The maximum atomic E-state index is 13.4. The molecule has 3 aromatic rings. The van der Waals surface area contributed by atoms with Crippen molar-refractivity contribution < 1.29 is 24.0 Å². The zero-order valence-electron chi connectivity index (χ0n) is 22.7. The average Bonchev–Trinajstić information content (AvgIpc) is 3.65. The van der Waals surface area contributed by atoms with Gasteiger partial charge in [0.25, 0.3) is 0 Å². The maximum Gasteiger partial charge on any atom is 0.335 e. The van der Waals surface area contributed by atoms with Crippen LogP contribution >= 0.6 is 23.2 Å². The molecule has 6 rings (SSSR count). The molecule has 1 saturated carbocycles. The Morgan fingerprint density at radius 3 is 2.44 bits per heavy atom. The van der Waals surface area contributed by atoms with Crippen LogP contribution in [-0.4, -0.2) is 51.9 Å². The summed E-state index contributed by atoms with van der Waals surface area (Å²) in [6.45, 7) is 2.75. The monoisotopic (exact) mass is 598 g/mol. The number of ether oxygens (including phenoxy) is 1. The lowest BCUT2D eigenvalue weighted by Crippen LogP contribution is -2.52. The molecule has 2 saturated heterocycles. The van der Waals surface area contributed by atoms with Gasteiger partial charge in [-0.25, -0.2) is 9.59 Å². The van der Waals surface area contributed by atoms with Crippen molar-refractivity contribution in [2.45, 2.75) is 76.0 Å². The summed E-state index contributed by atoms with van der Waals surface area (Å²) in [6, 6.07) is 10.2. The van der Waals surface area contributed by atoms with Crippen LogP contribution in [0, 0.1) is 0 Å². The second kappa shape index (κ2) is 11.5. The number of benzene rings is 2. The third-order valence-electron chi connectivity index (χ3n) is 8.27. The van der Waals surface area contributed by atoms with E-state index in [2.05, 4.69) is 15.8 Å². The number of carbonyl (C=O) groups is 2. The molecular weight excluding hydrogens is 567 g/mol. The molecule has 2 amide bonds. The minimum Gasteiger partial charge on any atom is -0.492 e. The Bertz CT molecular complexity index is 1440. The number of carboxylic acids is 1. The molecule has 3 aliphatic rings. The molecule has 1 aromatic heterocycles. The summed E-state index contributed by atoms with van der Waals surface area (Å²) in [5.74, 6) is 0.581. The van der Waals surface area contributed by atoms with Crippen LogP contribution in [0.1, 0.15) is 73.0 Å². The zero-order valence-corrected chi connectivity index (χ0v) is 24.2. The average molecular weight is 600 g/mol. The number of halogens is 2. The van der Waals surface area contributed by atoms with E-state index in [1.165, 1.54) is 12.1 Å². The first kappa shape index (κ1) is 27.9. The van der Waals surface area contributed by atoms with Crippen molar-refractivity contribution in [3.63, 3.8) is 0 Å². The van der Waals surface area contributed by atoms with E-state index in [1.807, 2.05) is 30.0 Å². The second-order valence-electron chi connectivity index (χ2n) is 11.0. The number of fused-ring (bicyclic) bond motifs is 2. The van der Waals surface area contributed by atoms with Gasteiger partial charge in [-0.2, -0.15) is 0 Å². The van der Waals surface area contributed by atoms with Crippen LogP contribution in [-0.2, 0) is 6.54 Å². The molecule has 11 heteroatoms. The SMILES string of the molecule is CCOc1cc(C(=O)O)ccc1NC(=O)N1C2CCC1CC(NCc1c(-c3c(Cl)cccc3Cl)noc1C1CC1)C2. The van der Waals surface area contributed by atoms with Crippen molar-refractivity contribution in [1.82, 2.24) is 15.4 Å². The van der Waals surface area contributed by atoms with Gasteiger partial charge in [-0.15, -0.1) is 0 Å². The highest BCUT2D eigenvalue weighted by Crippen LogP contribution is 2.46. The second-order valence-corrected chi connectivity index (χ2v) is 11.8. The third-order valence-corrected chi connectivity index (χ3v) is 8.90. The molecule has 3 heterocycles. The summed E-state index contributed by atoms with van der Waals surface area (Å²) >= 11 is 13.0. The Labute approximate surface area is 248 Å². The Morgan fingerprint density at radius 1 is 1.10 bits per heavy atom. The van der Waals surface area contributed by atoms with Gasteiger partial charge in [-0.3, -0.25) is 0 Å². The minimum absolute atomic E-state index is 0.1000. The largest absolute Gasteiger partial charge is 0.492 e. The number of hydrogen-bond acceptors (Lipinski definition) is 6. The van der Waals surface area contributed by atoms with E-state index >= 15 is 0 Å². The fourth-order valence-corrected chi connectivity index (χ4v) is 6.79. The number of amides is 2. The maximum absolute atomic E-state index is 13.4. The number of carbonyl (C=O) groups excluding carboxylic acids is 1. The number of aromatic carboxylic acids is 1. The summed E-state index contributed by atoms with van der Waals surface area (Å²) in [5, 5.41) is 21.5. The normalized spacial score (nSPS) is 21.6. The number of urea groups is 1. The Kier molecular flexibility index (Phi) is 7.85. The molecule has 2 aliphatic heterocycles. The number of anilines is 1. The number of piperidine rings is 1. The fourth-order valence-electron chi connectivity index (χ4n) is 6.21. The summed E-state index contributed by atoms with van der Waals surface area (Å²) in [6.07, 6.45) is 5.69. The van der Waals surface area contributed by atoms with E-state index in [9.17, 15) is 14.7 Å². The molecule has 3 N–H and O–H groups in total. The number of carboxylic acid groups (broad SMARTS) is 1. The van der Waals surface area contributed by atoms with Gasteiger partial charge < -0.3 is 29.9 Å². The lowest BCUT2D eigenvalue weighted by molar-refractivity contribution is 0.0696. The van der Waals surface area contributed by atoms with Crippen LogP contribution < -0.4 is 15.4 Å². The summed E-state index contributed by atoms with van der Waals surface area (Å²) in [5.41, 5.74) is 2.96. The molecule has 0 spiro atoms. The van der Waals surface area contributed by atoms with Gasteiger partial charge in [-0.1, -0.05) is 34.4 Å². The van der Waals surface area contributed by atoms with E-state index in [0.717, 1.165) is 49.8 Å². The van der Waals surface area contributed by atoms with Gasteiger partial charge in [0.05, 0.1) is 27.9 Å². The van der Waals surface area contributed by atoms with Crippen molar-refractivity contribution in [3.8, 4) is 17.0 Å². The number of rotatable bonds is 9. The van der Waals surface area contributed by atoms with E-state index in [-0.39, 0.29) is 29.7 Å². The van der Waals surface area contributed by atoms with Gasteiger partial charge in [0.15, 0.2) is 0 Å². The van der Waals surface area contributed by atoms with Crippen molar-refractivity contribution >= 4 is 40.9 Å². The quantitative estimate of drug-likeness (QED) is 0.244. The smallest absolute Gasteiger partial charge is 0.335 e. The lowest BCUT2D eigenvalue weighted by Gasteiger charge is -2.39. The van der Waals surface area contributed by atoms with Crippen LogP contribution in [0.4, 0.5) is 10.5 Å². The molecule has 2 bridgehead atoms. The summed E-state index contributed by atoms with van der Waals surface area (Å²) < 4.78 is 11.4.